The third-order valence-corrected chi connectivity index (χ3v) is 5.13. The van der Waals surface area contributed by atoms with Crippen LogP contribution in [-0.4, -0.2) is 46.8 Å². The van der Waals surface area contributed by atoms with Crippen molar-refractivity contribution in [1.29, 1.82) is 0 Å². The highest BCUT2D eigenvalue weighted by atomic mass is 19.1. The molecule has 5 nitrogen and oxygen atoms in total. The number of benzene rings is 2. The van der Waals surface area contributed by atoms with Gasteiger partial charge in [-0.15, -0.1) is 0 Å². The van der Waals surface area contributed by atoms with Crippen LogP contribution < -0.4 is 4.90 Å². The molecule has 0 bridgehead atoms. The number of hydrogen-bond donors (Lipinski definition) is 0. The summed E-state index contributed by atoms with van der Waals surface area (Å²) in [4.78, 5) is 16.9. The third kappa shape index (κ3) is 3.63. The molecule has 0 unspecified atom stereocenters. The van der Waals surface area contributed by atoms with E-state index in [2.05, 4.69) is 10.00 Å². The Kier molecular flexibility index (Phi) is 4.86. The fourth-order valence-corrected chi connectivity index (χ4v) is 3.64. The molecule has 1 saturated heterocycles. The highest BCUT2D eigenvalue weighted by Crippen LogP contribution is 2.19. The maximum Gasteiger partial charge on any atom is 0.253 e. The number of rotatable bonds is 3. The van der Waals surface area contributed by atoms with Crippen molar-refractivity contribution in [1.82, 2.24) is 14.7 Å². The summed E-state index contributed by atoms with van der Waals surface area (Å²) in [6.07, 6.45) is 0. The quantitative estimate of drug-likeness (QED) is 0.699. The average molecular weight is 378 g/mol. The Hall–Kier alpha value is -3.15. The second-order valence-electron chi connectivity index (χ2n) is 7.14. The van der Waals surface area contributed by atoms with E-state index in [1.165, 1.54) is 12.1 Å². The van der Waals surface area contributed by atoms with Gasteiger partial charge < -0.3 is 9.80 Å². The topological polar surface area (TPSA) is 41.4 Å². The average Bonchev–Trinajstić information content (AvgIpc) is 3.06. The van der Waals surface area contributed by atoms with Crippen molar-refractivity contribution < 1.29 is 9.18 Å². The number of piperazine rings is 1. The van der Waals surface area contributed by atoms with Gasteiger partial charge in [0.25, 0.3) is 5.91 Å². The van der Waals surface area contributed by atoms with E-state index in [-0.39, 0.29) is 11.7 Å². The van der Waals surface area contributed by atoms with Crippen LogP contribution in [0.3, 0.4) is 0 Å². The van der Waals surface area contributed by atoms with E-state index in [9.17, 15) is 9.18 Å². The molecule has 1 fully saturated rings. The molecule has 0 aliphatic carbocycles. The van der Waals surface area contributed by atoms with E-state index in [1.54, 1.807) is 12.1 Å². The van der Waals surface area contributed by atoms with Crippen molar-refractivity contribution in [2.45, 2.75) is 13.8 Å². The van der Waals surface area contributed by atoms with Crippen LogP contribution >= 0.6 is 0 Å². The minimum absolute atomic E-state index is 0.0404. The van der Waals surface area contributed by atoms with Gasteiger partial charge in [-0.25, -0.2) is 9.07 Å². The Morgan fingerprint density at radius 3 is 2.07 bits per heavy atom. The molecule has 1 aliphatic rings. The number of nitrogens with zero attached hydrogens (tertiary/aromatic N) is 4. The predicted molar refractivity (Wildman–Crippen MR) is 108 cm³/mol. The van der Waals surface area contributed by atoms with E-state index in [1.807, 2.05) is 53.8 Å². The number of halogens is 1. The minimum atomic E-state index is -0.235. The lowest BCUT2D eigenvalue weighted by Gasteiger charge is -2.36. The van der Waals surface area contributed by atoms with Gasteiger partial charge >= 0.3 is 0 Å². The molecule has 0 N–H and O–H groups in total. The monoisotopic (exact) mass is 378 g/mol. The molecule has 0 radical (unpaired) electrons. The van der Waals surface area contributed by atoms with Gasteiger partial charge in [0.2, 0.25) is 0 Å². The molecule has 0 atom stereocenters. The van der Waals surface area contributed by atoms with Crippen molar-refractivity contribution in [2.75, 3.05) is 31.1 Å². The zero-order valence-electron chi connectivity index (χ0n) is 16.1. The van der Waals surface area contributed by atoms with E-state index >= 15 is 0 Å². The number of carbonyl (C=O) groups excluding carboxylic acids is 1. The molecular weight excluding hydrogens is 355 g/mol. The summed E-state index contributed by atoms with van der Waals surface area (Å²) in [6.45, 7) is 6.75. The van der Waals surface area contributed by atoms with E-state index < -0.39 is 0 Å². The molecule has 0 spiro atoms. The van der Waals surface area contributed by atoms with Crippen LogP contribution in [0.4, 0.5) is 10.1 Å². The number of amides is 1. The van der Waals surface area contributed by atoms with Crippen molar-refractivity contribution in [3.8, 4) is 5.69 Å². The van der Waals surface area contributed by atoms with Crippen LogP contribution in [0.15, 0.2) is 54.6 Å². The Labute approximate surface area is 164 Å². The Bertz CT molecular complexity index is 971. The molecule has 1 amide bonds. The van der Waals surface area contributed by atoms with Crippen LogP contribution in [0.5, 0.6) is 0 Å². The van der Waals surface area contributed by atoms with Crippen LogP contribution in [0.2, 0.25) is 0 Å². The Morgan fingerprint density at radius 1 is 0.893 bits per heavy atom. The zero-order valence-corrected chi connectivity index (χ0v) is 16.1. The van der Waals surface area contributed by atoms with Gasteiger partial charge in [-0.05, 0) is 68.4 Å². The van der Waals surface area contributed by atoms with Gasteiger partial charge in [-0.3, -0.25) is 4.79 Å². The first kappa shape index (κ1) is 18.2. The van der Waals surface area contributed by atoms with Gasteiger partial charge in [0.05, 0.1) is 11.4 Å². The van der Waals surface area contributed by atoms with E-state index in [0.29, 0.717) is 18.7 Å². The highest BCUT2D eigenvalue weighted by Gasteiger charge is 2.22. The first-order chi connectivity index (χ1) is 13.5. The van der Waals surface area contributed by atoms with Crippen molar-refractivity contribution in [3.63, 3.8) is 0 Å². The summed E-state index contributed by atoms with van der Waals surface area (Å²) in [6, 6.07) is 16.1. The summed E-state index contributed by atoms with van der Waals surface area (Å²) in [5, 5.41) is 4.48. The van der Waals surface area contributed by atoms with Crippen molar-refractivity contribution in [2.24, 2.45) is 0 Å². The number of aryl methyl sites for hydroxylation is 2. The Balaban J connectivity index is 1.41. The van der Waals surface area contributed by atoms with Gasteiger partial charge in [0.15, 0.2) is 0 Å². The number of carbonyl (C=O) groups is 1. The minimum Gasteiger partial charge on any atom is -0.368 e. The summed E-state index contributed by atoms with van der Waals surface area (Å²) >= 11 is 0. The maximum atomic E-state index is 13.1. The smallest absolute Gasteiger partial charge is 0.253 e. The van der Waals surface area contributed by atoms with Crippen LogP contribution in [0.25, 0.3) is 5.69 Å². The lowest BCUT2D eigenvalue weighted by molar-refractivity contribution is 0.0747. The molecular formula is C22H23FN4O. The standard InChI is InChI=1S/C22H23FN4O/c1-16-15-17(2)27(24-16)21-7-3-18(4-8-21)22(28)26-13-11-25(12-14-26)20-9-5-19(23)6-10-20/h3-10,15H,11-14H2,1-2H3. The van der Waals surface area contributed by atoms with Gasteiger partial charge in [0, 0.05) is 43.1 Å². The lowest BCUT2D eigenvalue weighted by atomic mass is 10.1. The summed E-state index contributed by atoms with van der Waals surface area (Å²) in [5.41, 5.74) is 4.65. The first-order valence-electron chi connectivity index (χ1n) is 9.45. The zero-order chi connectivity index (χ0) is 19.7. The third-order valence-electron chi connectivity index (χ3n) is 5.13. The van der Waals surface area contributed by atoms with Gasteiger partial charge in [-0.2, -0.15) is 5.10 Å². The molecule has 2 heterocycles. The van der Waals surface area contributed by atoms with Crippen LogP contribution in [0.1, 0.15) is 21.7 Å². The van der Waals surface area contributed by atoms with E-state index in [0.717, 1.165) is 35.9 Å². The summed E-state index contributed by atoms with van der Waals surface area (Å²) < 4.78 is 15.0. The SMILES string of the molecule is Cc1cc(C)n(-c2ccc(C(=O)N3CCN(c4ccc(F)cc4)CC3)cc2)n1. The largest absolute Gasteiger partial charge is 0.368 e. The molecule has 2 aromatic carbocycles. The molecule has 144 valence electrons. The molecule has 4 rings (SSSR count). The summed E-state index contributed by atoms with van der Waals surface area (Å²) in [7, 11) is 0. The maximum absolute atomic E-state index is 13.1. The van der Waals surface area contributed by atoms with Crippen molar-refractivity contribution >= 4 is 11.6 Å². The van der Waals surface area contributed by atoms with E-state index in [4.69, 9.17) is 0 Å². The molecule has 3 aromatic rings. The van der Waals surface area contributed by atoms with Crippen molar-refractivity contribution in [3.05, 3.63) is 77.4 Å². The fourth-order valence-electron chi connectivity index (χ4n) is 3.64. The van der Waals surface area contributed by atoms with Gasteiger partial charge in [-0.1, -0.05) is 0 Å². The molecule has 1 aliphatic heterocycles. The molecule has 1 aromatic heterocycles. The first-order valence-corrected chi connectivity index (χ1v) is 9.45. The second-order valence-corrected chi connectivity index (χ2v) is 7.14. The lowest BCUT2D eigenvalue weighted by Crippen LogP contribution is -2.48. The number of anilines is 1. The molecule has 6 heteroatoms. The second kappa shape index (κ2) is 7.46. The van der Waals surface area contributed by atoms with Crippen LogP contribution in [-0.2, 0) is 0 Å². The van der Waals surface area contributed by atoms with Gasteiger partial charge in [0.1, 0.15) is 5.82 Å². The fraction of sp³-hybridized carbons (Fsp3) is 0.273. The number of aromatic nitrogens is 2. The number of hydrogen-bond acceptors (Lipinski definition) is 3. The molecule has 0 saturated carbocycles. The Morgan fingerprint density at radius 2 is 1.50 bits per heavy atom. The summed E-state index contributed by atoms with van der Waals surface area (Å²) in [5.74, 6) is -0.194. The predicted octanol–water partition coefficient (Wildman–Crippen LogP) is 3.59. The highest BCUT2D eigenvalue weighted by molar-refractivity contribution is 5.94. The van der Waals surface area contributed by atoms with Crippen LogP contribution in [0, 0.1) is 19.7 Å². The normalized spacial score (nSPS) is 14.4. The molecule has 28 heavy (non-hydrogen) atoms.